The molecule has 1 aromatic heterocycles. The zero-order valence-electron chi connectivity index (χ0n) is 6.76. The number of pyridine rings is 1. The molecule has 0 amide bonds. The van der Waals surface area contributed by atoms with E-state index in [1.165, 1.54) is 19.2 Å². The predicted molar refractivity (Wildman–Crippen MR) is 42.8 cm³/mol. The molecule has 0 fully saturated rings. The summed E-state index contributed by atoms with van der Waals surface area (Å²) in [6.45, 7) is 0. The van der Waals surface area contributed by atoms with Crippen LogP contribution in [0.2, 0.25) is 0 Å². The van der Waals surface area contributed by atoms with Gasteiger partial charge in [0.25, 0.3) is 5.88 Å². The maximum Gasteiger partial charge on any atom is 0.330 e. The number of carbonyl (C=O) groups is 1. The van der Waals surface area contributed by atoms with Crippen LogP contribution in [-0.2, 0) is 0 Å². The molecule has 1 rings (SSSR count). The van der Waals surface area contributed by atoms with Gasteiger partial charge in [0.05, 0.1) is 12.0 Å². The van der Waals surface area contributed by atoms with Crippen molar-refractivity contribution in [2.45, 2.75) is 0 Å². The summed E-state index contributed by atoms with van der Waals surface area (Å²) in [4.78, 5) is 23.6. The number of aldehydes is 1. The van der Waals surface area contributed by atoms with Crippen molar-refractivity contribution >= 4 is 12.0 Å². The average Bonchev–Trinajstić information content (AvgIpc) is 2.16. The van der Waals surface area contributed by atoms with E-state index in [-0.39, 0.29) is 17.3 Å². The topological polar surface area (TPSA) is 82.3 Å². The molecule has 0 saturated heterocycles. The van der Waals surface area contributed by atoms with Crippen molar-refractivity contribution in [3.05, 3.63) is 27.9 Å². The normalized spacial score (nSPS) is 9.31. The summed E-state index contributed by atoms with van der Waals surface area (Å²) in [5.74, 6) is -0.158. The lowest BCUT2D eigenvalue weighted by atomic mass is 10.3. The van der Waals surface area contributed by atoms with Gasteiger partial charge in [0.15, 0.2) is 6.29 Å². The largest absolute Gasteiger partial charge is 0.476 e. The third kappa shape index (κ3) is 1.78. The molecule has 0 radical (unpaired) electrons. The van der Waals surface area contributed by atoms with Crippen LogP contribution in [0.15, 0.2) is 12.1 Å². The first kappa shape index (κ1) is 9.11. The summed E-state index contributed by atoms with van der Waals surface area (Å²) in [6, 6.07) is 2.43. The van der Waals surface area contributed by atoms with Crippen LogP contribution in [0.1, 0.15) is 10.5 Å². The van der Waals surface area contributed by atoms with Crippen LogP contribution in [0.3, 0.4) is 0 Å². The first-order valence-electron chi connectivity index (χ1n) is 3.33. The highest BCUT2D eigenvalue weighted by Gasteiger charge is 2.15. The molecule has 68 valence electrons. The lowest BCUT2D eigenvalue weighted by molar-refractivity contribution is -0.386. The lowest BCUT2D eigenvalue weighted by Crippen LogP contribution is -1.98. The number of carbonyl (C=O) groups excluding carboxylic acids is 1. The van der Waals surface area contributed by atoms with E-state index in [9.17, 15) is 14.9 Å². The Hall–Kier alpha value is -1.98. The second kappa shape index (κ2) is 3.61. The number of ether oxygens (including phenoxy) is 1. The Morgan fingerprint density at radius 2 is 2.31 bits per heavy atom. The maximum absolute atomic E-state index is 10.4. The minimum atomic E-state index is -0.625. The van der Waals surface area contributed by atoms with Crippen LogP contribution < -0.4 is 4.74 Å². The zero-order valence-corrected chi connectivity index (χ0v) is 6.76. The Morgan fingerprint density at radius 3 is 2.77 bits per heavy atom. The van der Waals surface area contributed by atoms with E-state index in [1.807, 2.05) is 0 Å². The third-order valence-corrected chi connectivity index (χ3v) is 1.37. The van der Waals surface area contributed by atoms with Crippen molar-refractivity contribution in [1.82, 2.24) is 4.98 Å². The third-order valence-electron chi connectivity index (χ3n) is 1.37. The monoisotopic (exact) mass is 182 g/mol. The van der Waals surface area contributed by atoms with Crippen LogP contribution in [0.4, 0.5) is 5.69 Å². The number of hydrogen-bond donors (Lipinski definition) is 0. The summed E-state index contributed by atoms with van der Waals surface area (Å²) >= 11 is 0. The van der Waals surface area contributed by atoms with E-state index in [4.69, 9.17) is 0 Å². The fourth-order valence-corrected chi connectivity index (χ4v) is 0.802. The van der Waals surface area contributed by atoms with Gasteiger partial charge in [-0.1, -0.05) is 0 Å². The first-order valence-corrected chi connectivity index (χ1v) is 3.33. The Balaban J connectivity index is 3.23. The van der Waals surface area contributed by atoms with Gasteiger partial charge in [0, 0.05) is 6.07 Å². The number of nitro groups is 1. The van der Waals surface area contributed by atoms with E-state index >= 15 is 0 Å². The molecular formula is C7H6N2O4. The summed E-state index contributed by atoms with van der Waals surface area (Å²) in [7, 11) is 1.25. The molecule has 0 aliphatic heterocycles. The number of rotatable bonds is 3. The van der Waals surface area contributed by atoms with Crippen molar-refractivity contribution in [3.63, 3.8) is 0 Å². The second-order valence-electron chi connectivity index (χ2n) is 2.14. The van der Waals surface area contributed by atoms with E-state index in [0.29, 0.717) is 6.29 Å². The number of methoxy groups -OCH3 is 1. The SMILES string of the molecule is COc1nc(C=O)ccc1[N+](=O)[O-]. The zero-order chi connectivity index (χ0) is 9.84. The number of aromatic nitrogens is 1. The Bertz CT molecular complexity index is 350. The van der Waals surface area contributed by atoms with Gasteiger partial charge in [0.1, 0.15) is 5.69 Å². The van der Waals surface area contributed by atoms with Gasteiger partial charge in [-0.2, -0.15) is 0 Å². The molecule has 0 aromatic carbocycles. The van der Waals surface area contributed by atoms with E-state index < -0.39 is 4.92 Å². The molecule has 13 heavy (non-hydrogen) atoms. The molecule has 0 spiro atoms. The maximum atomic E-state index is 10.4. The molecule has 6 nitrogen and oxygen atoms in total. The molecule has 0 aliphatic carbocycles. The van der Waals surface area contributed by atoms with Crippen molar-refractivity contribution in [2.24, 2.45) is 0 Å². The molecule has 0 aliphatic rings. The van der Waals surface area contributed by atoms with Gasteiger partial charge in [0.2, 0.25) is 0 Å². The molecular weight excluding hydrogens is 176 g/mol. The Morgan fingerprint density at radius 1 is 1.62 bits per heavy atom. The predicted octanol–water partition coefficient (Wildman–Crippen LogP) is 0.811. The molecule has 1 heterocycles. The minimum Gasteiger partial charge on any atom is -0.476 e. The average molecular weight is 182 g/mol. The number of hydrogen-bond acceptors (Lipinski definition) is 5. The minimum absolute atomic E-state index is 0.0995. The highest BCUT2D eigenvalue weighted by molar-refractivity contribution is 5.72. The van der Waals surface area contributed by atoms with Crippen molar-refractivity contribution < 1.29 is 14.5 Å². The van der Waals surface area contributed by atoms with E-state index in [0.717, 1.165) is 0 Å². The Kier molecular flexibility index (Phi) is 2.53. The van der Waals surface area contributed by atoms with Crippen LogP contribution in [-0.4, -0.2) is 23.3 Å². The van der Waals surface area contributed by atoms with Gasteiger partial charge in [-0.3, -0.25) is 14.9 Å². The molecule has 1 aromatic rings. The summed E-state index contributed by atoms with van der Waals surface area (Å²) in [5.41, 5.74) is -0.157. The Labute approximate surface area is 73.3 Å². The second-order valence-corrected chi connectivity index (χ2v) is 2.14. The van der Waals surface area contributed by atoms with Crippen molar-refractivity contribution in [2.75, 3.05) is 7.11 Å². The highest BCUT2D eigenvalue weighted by atomic mass is 16.6. The summed E-state index contributed by atoms with van der Waals surface area (Å²) in [5, 5.41) is 10.4. The standard InChI is InChI=1S/C7H6N2O4/c1-13-7-6(9(11)12)3-2-5(4-10)8-7/h2-4H,1H3. The molecule has 0 unspecified atom stereocenters. The molecule has 6 heteroatoms. The van der Waals surface area contributed by atoms with Crippen LogP contribution >= 0.6 is 0 Å². The summed E-state index contributed by atoms with van der Waals surface area (Å²) in [6.07, 6.45) is 0.492. The van der Waals surface area contributed by atoms with E-state index in [2.05, 4.69) is 9.72 Å². The highest BCUT2D eigenvalue weighted by Crippen LogP contribution is 2.23. The quantitative estimate of drug-likeness (QED) is 0.392. The lowest BCUT2D eigenvalue weighted by Gasteiger charge is -1.99. The smallest absolute Gasteiger partial charge is 0.330 e. The van der Waals surface area contributed by atoms with E-state index in [1.54, 1.807) is 0 Å². The molecule has 0 atom stereocenters. The first-order chi connectivity index (χ1) is 6.19. The fraction of sp³-hybridized carbons (Fsp3) is 0.143. The fourth-order valence-electron chi connectivity index (χ4n) is 0.802. The van der Waals surface area contributed by atoms with Crippen molar-refractivity contribution in [3.8, 4) is 5.88 Å². The molecule has 0 saturated carbocycles. The van der Waals surface area contributed by atoms with Crippen LogP contribution in [0.5, 0.6) is 5.88 Å². The van der Waals surface area contributed by atoms with Gasteiger partial charge in [-0.25, -0.2) is 4.98 Å². The van der Waals surface area contributed by atoms with Crippen LogP contribution in [0, 0.1) is 10.1 Å². The van der Waals surface area contributed by atoms with Gasteiger partial charge in [-0.15, -0.1) is 0 Å². The number of nitrogens with zero attached hydrogens (tertiary/aromatic N) is 2. The summed E-state index contributed by atoms with van der Waals surface area (Å²) < 4.78 is 4.64. The van der Waals surface area contributed by atoms with Gasteiger partial charge in [-0.05, 0) is 6.07 Å². The van der Waals surface area contributed by atoms with Gasteiger partial charge >= 0.3 is 5.69 Å². The van der Waals surface area contributed by atoms with Gasteiger partial charge < -0.3 is 4.74 Å². The van der Waals surface area contributed by atoms with Crippen LogP contribution in [0.25, 0.3) is 0 Å². The molecule has 0 N–H and O–H groups in total. The molecule has 0 bridgehead atoms. The van der Waals surface area contributed by atoms with Crippen molar-refractivity contribution in [1.29, 1.82) is 0 Å².